The van der Waals surface area contributed by atoms with Crippen molar-refractivity contribution in [2.24, 2.45) is 0 Å². The number of aliphatic hydroxyl groups is 1. The number of hydrogen-bond donors (Lipinski definition) is 3. The summed E-state index contributed by atoms with van der Waals surface area (Å²) in [5.41, 5.74) is 0.499. The van der Waals surface area contributed by atoms with E-state index in [0.717, 1.165) is 5.56 Å². The third kappa shape index (κ3) is 10.2. The number of nitrogens with zero attached hydrogens (tertiary/aromatic N) is 1. The SMILES string of the molecule is COC(=O)CNC(=O)C(c1ccccc1C)N(CCO)C(=O)C(CCSC)NC(=O)OC(C)(C)C. The first-order valence-corrected chi connectivity index (χ1v) is 12.6. The first-order chi connectivity index (χ1) is 16.4. The van der Waals surface area contributed by atoms with Crippen molar-refractivity contribution in [3.05, 3.63) is 35.4 Å². The normalized spacial score (nSPS) is 12.8. The van der Waals surface area contributed by atoms with Crippen molar-refractivity contribution in [1.82, 2.24) is 15.5 Å². The third-order valence-electron chi connectivity index (χ3n) is 4.90. The number of carbonyl (C=O) groups excluding carboxylic acids is 4. The number of aliphatic hydroxyl groups excluding tert-OH is 1. The van der Waals surface area contributed by atoms with Gasteiger partial charge in [-0.25, -0.2) is 4.79 Å². The van der Waals surface area contributed by atoms with Crippen molar-refractivity contribution < 1.29 is 33.8 Å². The van der Waals surface area contributed by atoms with Crippen LogP contribution in [0, 0.1) is 6.92 Å². The van der Waals surface area contributed by atoms with E-state index in [4.69, 9.17) is 4.74 Å². The molecule has 35 heavy (non-hydrogen) atoms. The zero-order valence-corrected chi connectivity index (χ0v) is 22.1. The second-order valence-corrected chi connectivity index (χ2v) is 9.77. The van der Waals surface area contributed by atoms with E-state index in [1.54, 1.807) is 52.0 Å². The lowest BCUT2D eigenvalue weighted by Crippen LogP contribution is -2.54. The summed E-state index contributed by atoms with van der Waals surface area (Å²) < 4.78 is 9.91. The molecule has 2 unspecified atom stereocenters. The Hall–Kier alpha value is -2.79. The highest BCUT2D eigenvalue weighted by atomic mass is 32.2. The van der Waals surface area contributed by atoms with Gasteiger partial charge in [0.05, 0.1) is 13.7 Å². The van der Waals surface area contributed by atoms with Crippen LogP contribution in [0.1, 0.15) is 44.4 Å². The largest absolute Gasteiger partial charge is 0.468 e. The van der Waals surface area contributed by atoms with Gasteiger partial charge in [-0.15, -0.1) is 0 Å². The smallest absolute Gasteiger partial charge is 0.408 e. The van der Waals surface area contributed by atoms with Crippen LogP contribution in [-0.2, 0) is 23.9 Å². The number of hydrogen-bond acceptors (Lipinski definition) is 8. The Balaban J connectivity index is 3.39. The summed E-state index contributed by atoms with van der Waals surface area (Å²) in [7, 11) is 1.20. The Kier molecular flexibility index (Phi) is 12.6. The van der Waals surface area contributed by atoms with E-state index in [9.17, 15) is 24.3 Å². The van der Waals surface area contributed by atoms with E-state index in [0.29, 0.717) is 11.3 Å². The maximum atomic E-state index is 13.7. The highest BCUT2D eigenvalue weighted by molar-refractivity contribution is 7.98. The fourth-order valence-electron chi connectivity index (χ4n) is 3.29. The molecule has 3 N–H and O–H groups in total. The van der Waals surface area contributed by atoms with Gasteiger partial charge in [0.1, 0.15) is 24.2 Å². The molecule has 1 rings (SSSR count). The minimum Gasteiger partial charge on any atom is -0.468 e. The number of amides is 3. The number of carbonyl (C=O) groups is 4. The molecule has 2 atom stereocenters. The highest BCUT2D eigenvalue weighted by Gasteiger charge is 2.36. The van der Waals surface area contributed by atoms with Crippen LogP contribution < -0.4 is 10.6 Å². The van der Waals surface area contributed by atoms with Crippen LogP contribution in [0.4, 0.5) is 4.79 Å². The summed E-state index contributed by atoms with van der Waals surface area (Å²) in [5, 5.41) is 14.9. The Morgan fingerprint density at radius 3 is 2.37 bits per heavy atom. The van der Waals surface area contributed by atoms with Gasteiger partial charge in [0.2, 0.25) is 11.8 Å². The van der Waals surface area contributed by atoms with E-state index < -0.39 is 48.2 Å². The molecule has 0 fully saturated rings. The molecule has 10 nitrogen and oxygen atoms in total. The fourth-order valence-corrected chi connectivity index (χ4v) is 3.76. The fraction of sp³-hybridized carbons (Fsp3) is 0.583. The zero-order valence-electron chi connectivity index (χ0n) is 21.3. The Morgan fingerprint density at radius 2 is 1.83 bits per heavy atom. The van der Waals surface area contributed by atoms with Crippen molar-refractivity contribution >= 4 is 35.6 Å². The Labute approximate surface area is 211 Å². The van der Waals surface area contributed by atoms with Crippen molar-refractivity contribution in [1.29, 1.82) is 0 Å². The molecular weight excluding hydrogens is 474 g/mol. The Bertz CT molecular complexity index is 873. The van der Waals surface area contributed by atoms with Gasteiger partial charge in [-0.3, -0.25) is 14.4 Å². The maximum absolute atomic E-state index is 13.7. The van der Waals surface area contributed by atoms with Crippen LogP contribution in [0.3, 0.4) is 0 Å². The monoisotopic (exact) mass is 511 g/mol. The summed E-state index contributed by atoms with van der Waals surface area (Å²) in [6.45, 7) is 5.96. The molecule has 0 bridgehead atoms. The molecule has 0 radical (unpaired) electrons. The molecule has 1 aromatic rings. The van der Waals surface area contributed by atoms with E-state index in [2.05, 4.69) is 15.4 Å². The van der Waals surface area contributed by atoms with E-state index in [1.165, 1.54) is 23.8 Å². The second-order valence-electron chi connectivity index (χ2n) is 8.79. The minimum atomic E-state index is -1.15. The highest BCUT2D eigenvalue weighted by Crippen LogP contribution is 2.26. The lowest BCUT2D eigenvalue weighted by atomic mass is 9.98. The molecule has 0 aliphatic carbocycles. The standard InChI is InChI=1S/C24H37N3O7S/c1-16-9-7-8-10-17(16)20(21(30)25-15-19(29)33-5)27(12-13-28)22(31)18(11-14-35-6)26-23(32)34-24(2,3)4/h7-10,18,20,28H,11-15H2,1-6H3,(H,25,30)(H,26,32). The summed E-state index contributed by atoms with van der Waals surface area (Å²) in [6.07, 6.45) is 1.39. The molecule has 0 spiro atoms. The molecular formula is C24H37N3O7S. The topological polar surface area (TPSA) is 134 Å². The van der Waals surface area contributed by atoms with Gasteiger partial charge in [-0.05, 0) is 57.3 Å². The van der Waals surface area contributed by atoms with Gasteiger partial charge in [-0.1, -0.05) is 24.3 Å². The quantitative estimate of drug-likeness (QED) is 0.362. The lowest BCUT2D eigenvalue weighted by molar-refractivity contribution is -0.145. The molecule has 0 aliphatic heterocycles. The van der Waals surface area contributed by atoms with Gasteiger partial charge < -0.3 is 30.1 Å². The van der Waals surface area contributed by atoms with Crippen LogP contribution in [0.25, 0.3) is 0 Å². The molecule has 0 aliphatic rings. The average Bonchev–Trinajstić information content (AvgIpc) is 2.79. The Morgan fingerprint density at radius 1 is 1.17 bits per heavy atom. The van der Waals surface area contributed by atoms with Crippen molar-refractivity contribution in [2.45, 2.75) is 51.8 Å². The number of nitrogens with one attached hydrogen (secondary N) is 2. The summed E-state index contributed by atoms with van der Waals surface area (Å²) in [6, 6.07) is 4.87. The third-order valence-corrected chi connectivity index (χ3v) is 5.55. The number of methoxy groups -OCH3 is 1. The zero-order chi connectivity index (χ0) is 26.6. The summed E-state index contributed by atoms with van der Waals surface area (Å²) in [5.74, 6) is -1.26. The minimum absolute atomic E-state index is 0.171. The molecule has 11 heteroatoms. The van der Waals surface area contributed by atoms with Crippen LogP contribution >= 0.6 is 11.8 Å². The van der Waals surface area contributed by atoms with Gasteiger partial charge >= 0.3 is 12.1 Å². The van der Waals surface area contributed by atoms with Crippen LogP contribution in [0.5, 0.6) is 0 Å². The van der Waals surface area contributed by atoms with Gasteiger partial charge in [0.15, 0.2) is 0 Å². The first-order valence-electron chi connectivity index (χ1n) is 11.2. The predicted molar refractivity (Wildman–Crippen MR) is 134 cm³/mol. The van der Waals surface area contributed by atoms with Gasteiger partial charge in [0, 0.05) is 6.54 Å². The molecule has 3 amide bonds. The van der Waals surface area contributed by atoms with Crippen molar-refractivity contribution in [2.75, 3.05) is 38.8 Å². The van der Waals surface area contributed by atoms with Crippen LogP contribution in [0.2, 0.25) is 0 Å². The molecule has 0 heterocycles. The summed E-state index contributed by atoms with van der Waals surface area (Å²) >= 11 is 1.50. The number of benzene rings is 1. The van der Waals surface area contributed by atoms with Gasteiger partial charge in [-0.2, -0.15) is 11.8 Å². The number of alkyl carbamates (subject to hydrolysis) is 1. The molecule has 196 valence electrons. The summed E-state index contributed by atoms with van der Waals surface area (Å²) in [4.78, 5) is 52.3. The molecule has 0 saturated carbocycles. The number of aryl methyl sites for hydroxylation is 1. The van der Waals surface area contributed by atoms with E-state index >= 15 is 0 Å². The maximum Gasteiger partial charge on any atom is 0.408 e. The average molecular weight is 512 g/mol. The molecule has 0 saturated heterocycles. The van der Waals surface area contributed by atoms with Crippen LogP contribution in [0.15, 0.2) is 24.3 Å². The van der Waals surface area contributed by atoms with E-state index in [-0.39, 0.29) is 19.5 Å². The first kappa shape index (κ1) is 30.2. The number of ether oxygens (including phenoxy) is 2. The number of rotatable bonds is 12. The lowest BCUT2D eigenvalue weighted by Gasteiger charge is -2.34. The van der Waals surface area contributed by atoms with Crippen LogP contribution in [-0.4, -0.2) is 84.3 Å². The molecule has 0 aromatic heterocycles. The van der Waals surface area contributed by atoms with Crippen molar-refractivity contribution in [3.8, 4) is 0 Å². The second kappa shape index (κ2) is 14.6. The molecule has 1 aromatic carbocycles. The predicted octanol–water partition coefficient (Wildman–Crippen LogP) is 1.79. The van der Waals surface area contributed by atoms with E-state index in [1.807, 2.05) is 6.26 Å². The van der Waals surface area contributed by atoms with Gasteiger partial charge in [0.25, 0.3) is 0 Å². The number of thioether (sulfide) groups is 1. The number of esters is 1. The van der Waals surface area contributed by atoms with Crippen molar-refractivity contribution in [3.63, 3.8) is 0 Å².